The van der Waals surface area contributed by atoms with Crippen molar-refractivity contribution >= 4 is 91.9 Å². The minimum Gasteiger partial charge on any atom is -0.504 e. The summed E-state index contributed by atoms with van der Waals surface area (Å²) in [5, 5.41) is 110. The van der Waals surface area contributed by atoms with Crippen LogP contribution in [0.4, 0.5) is 45.5 Å². The Kier molecular flexibility index (Phi) is 10.4. The number of nitrogens with one attached hydrogen (secondary N) is 6. The molecular formula is C68H42N8O12. The third kappa shape index (κ3) is 7.38. The highest BCUT2D eigenvalue weighted by molar-refractivity contribution is 6.08. The van der Waals surface area contributed by atoms with Gasteiger partial charge in [0.1, 0.15) is 0 Å². The number of benzene rings is 8. The van der Waals surface area contributed by atoms with Crippen LogP contribution in [0, 0.1) is 0 Å². The third-order valence-corrected chi connectivity index (χ3v) is 16.2. The van der Waals surface area contributed by atoms with Crippen LogP contribution >= 0.6 is 0 Å². The lowest BCUT2D eigenvalue weighted by Gasteiger charge is -2.25. The predicted molar refractivity (Wildman–Crippen MR) is 333 cm³/mol. The molecule has 88 heavy (non-hydrogen) atoms. The van der Waals surface area contributed by atoms with Gasteiger partial charge in [-0.2, -0.15) is 0 Å². The number of H-pyrrole nitrogens is 2. The highest BCUT2D eigenvalue weighted by atomic mass is 16.5. The van der Waals surface area contributed by atoms with E-state index in [9.17, 15) is 40.9 Å². The fourth-order valence-electron chi connectivity index (χ4n) is 12.2. The Morgan fingerprint density at radius 3 is 0.727 bits per heavy atom. The summed E-state index contributed by atoms with van der Waals surface area (Å²) in [5.74, 6) is -2.23. The Bertz CT molecular complexity index is 4610. The number of aromatic nitrogens is 4. The molecule has 0 spiro atoms. The molecule has 3 aromatic heterocycles. The Hall–Kier alpha value is -12.8. The number of anilines is 8. The number of aromatic amines is 2. The summed E-state index contributed by atoms with van der Waals surface area (Å²) in [6.45, 7) is 0. The molecule has 0 fully saturated rings. The van der Waals surface area contributed by atoms with Gasteiger partial charge in [0.05, 0.1) is 90.5 Å². The summed E-state index contributed by atoms with van der Waals surface area (Å²) in [6, 6.07) is 40.9. The standard InChI is InChI=1S/C68H42N8O12/c77-45-25-41-65(85-49-13-5-1-9-29(49)69-41)57(61(45)81)53-33-17-19-35(73-33)54(58-62(82)46(78)26-42-66(58)86-50-14-6-2-10-30(50)70-42)37-21-23-39(75-37)56(60-64(84)48(80)28-44-68(60)88-52-16-8-4-12-32(52)72-44)40-24-22-38(76-40)55(36-20-18-34(53)74-36)59-63(83)47(79)27-43-67(59)87-51-15-7-3-11-31(51)71-43/h1-28,69-73,76-84H. The zero-order valence-corrected chi connectivity index (χ0v) is 45.3. The van der Waals surface area contributed by atoms with Gasteiger partial charge in [0.2, 0.25) is 0 Å². The highest BCUT2D eigenvalue weighted by Gasteiger charge is 2.35. The number of aromatic hydroxyl groups is 8. The molecule has 8 aromatic carbocycles. The number of rotatable bonds is 4. The molecule has 0 radical (unpaired) electrons. The first-order valence-electron chi connectivity index (χ1n) is 27.6. The van der Waals surface area contributed by atoms with Crippen LogP contribution in [0.15, 0.2) is 146 Å². The number of para-hydroxylation sites is 8. The average Bonchev–Trinajstić information content (AvgIpc) is 1.66. The van der Waals surface area contributed by atoms with Gasteiger partial charge in [0.15, 0.2) is 92.0 Å². The number of phenols is 8. The first-order valence-corrected chi connectivity index (χ1v) is 27.6. The van der Waals surface area contributed by atoms with Gasteiger partial charge < -0.3 is 91.0 Å². The van der Waals surface area contributed by atoms with Gasteiger partial charge in [-0.25, -0.2) is 9.97 Å². The number of phenolic OH excluding ortho intramolecular Hbond substituents is 8. The Morgan fingerprint density at radius 1 is 0.261 bits per heavy atom. The molecule has 0 saturated heterocycles. The molecule has 6 aliphatic rings. The van der Waals surface area contributed by atoms with E-state index in [2.05, 4.69) is 31.2 Å². The van der Waals surface area contributed by atoms with Crippen LogP contribution in [0.3, 0.4) is 0 Å². The van der Waals surface area contributed by atoms with Crippen LogP contribution in [-0.2, 0) is 0 Å². The number of hydrogen-bond donors (Lipinski definition) is 14. The summed E-state index contributed by atoms with van der Waals surface area (Å²) in [6.07, 6.45) is 6.70. The molecule has 0 atom stereocenters. The molecule has 14 N–H and O–H groups in total. The largest absolute Gasteiger partial charge is 0.504 e. The lowest BCUT2D eigenvalue weighted by atomic mass is 9.98. The summed E-state index contributed by atoms with van der Waals surface area (Å²) in [7, 11) is 0. The van der Waals surface area contributed by atoms with Crippen LogP contribution in [0.1, 0.15) is 22.8 Å². The maximum Gasteiger partial charge on any atom is 0.169 e. The van der Waals surface area contributed by atoms with E-state index in [0.717, 1.165) is 0 Å². The van der Waals surface area contributed by atoms with Gasteiger partial charge in [-0.05, 0) is 97.1 Å². The average molecular weight is 1160 g/mol. The van der Waals surface area contributed by atoms with Crippen molar-refractivity contribution in [1.29, 1.82) is 0 Å². The number of ether oxygens (including phenoxy) is 4. The SMILES string of the molecule is Oc1cc2c(c(-c3c4nc(c(-c5c(O)c(O)cc6c5Oc5ccccc5N6)c5ccc([nH]5)c(-c5c(O)c(O)cc6c5Oc5ccccc5N6)c5nc(c(-c6c(O)c(O)cc7c6Oc6ccccc6N7)c6ccc3[nH]6)C=C5)C=C4)c1O)Oc1ccccc1N2. The molecule has 20 nitrogen and oxygen atoms in total. The first kappa shape index (κ1) is 49.7. The Labute approximate surface area is 495 Å². The quantitative estimate of drug-likeness (QED) is 0.0575. The maximum atomic E-state index is 12.4. The van der Waals surface area contributed by atoms with Crippen molar-refractivity contribution in [2.24, 2.45) is 0 Å². The minimum atomic E-state index is -0.575. The van der Waals surface area contributed by atoms with Gasteiger partial charge in [0.25, 0.3) is 0 Å². The summed E-state index contributed by atoms with van der Waals surface area (Å²) in [4.78, 5) is 17.8. The van der Waals surface area contributed by atoms with Gasteiger partial charge in [-0.1, -0.05) is 48.5 Å². The molecule has 0 saturated carbocycles. The molecule has 11 aromatic rings. The van der Waals surface area contributed by atoms with Crippen LogP contribution < -0.4 is 40.2 Å². The molecule has 0 amide bonds. The van der Waals surface area contributed by atoms with E-state index < -0.39 is 46.0 Å². The first-order chi connectivity index (χ1) is 42.9. The zero-order valence-electron chi connectivity index (χ0n) is 45.3. The topological polar surface area (TPSA) is 304 Å². The third-order valence-electron chi connectivity index (χ3n) is 16.2. The van der Waals surface area contributed by atoms with Crippen LogP contribution in [-0.4, -0.2) is 60.8 Å². The lowest BCUT2D eigenvalue weighted by Crippen LogP contribution is -2.05. The summed E-state index contributed by atoms with van der Waals surface area (Å²) in [5.41, 5.74) is 5.98. The van der Waals surface area contributed by atoms with E-state index in [4.69, 9.17) is 28.9 Å². The van der Waals surface area contributed by atoms with Crippen LogP contribution in [0.5, 0.6) is 92.0 Å². The molecule has 6 aliphatic heterocycles. The Morgan fingerprint density at radius 2 is 0.489 bits per heavy atom. The molecular weight excluding hydrogens is 1120 g/mol. The molecule has 8 bridgehead atoms. The second-order valence-corrected chi connectivity index (χ2v) is 21.4. The number of nitrogens with zero attached hydrogens (tertiary/aromatic N) is 2. The van der Waals surface area contributed by atoms with E-state index in [0.29, 0.717) is 68.5 Å². The van der Waals surface area contributed by atoms with E-state index in [-0.39, 0.29) is 112 Å². The van der Waals surface area contributed by atoms with E-state index in [1.165, 1.54) is 24.3 Å². The van der Waals surface area contributed by atoms with Gasteiger partial charge >= 0.3 is 0 Å². The van der Waals surface area contributed by atoms with Gasteiger partial charge in [-0.15, -0.1) is 0 Å². The number of fused-ring (bicyclic) bond motifs is 16. The summed E-state index contributed by atoms with van der Waals surface area (Å²) < 4.78 is 26.7. The van der Waals surface area contributed by atoms with E-state index in [1.807, 2.05) is 24.3 Å². The molecule has 0 aliphatic carbocycles. The smallest absolute Gasteiger partial charge is 0.169 e. The Balaban J connectivity index is 1.04. The highest BCUT2D eigenvalue weighted by Crippen LogP contribution is 2.61. The summed E-state index contributed by atoms with van der Waals surface area (Å²) >= 11 is 0. The zero-order chi connectivity index (χ0) is 59.4. The second kappa shape index (κ2) is 18.3. The van der Waals surface area contributed by atoms with E-state index in [1.54, 1.807) is 121 Å². The van der Waals surface area contributed by atoms with Gasteiger partial charge in [0, 0.05) is 68.6 Å². The van der Waals surface area contributed by atoms with Crippen LogP contribution in [0.2, 0.25) is 0 Å². The van der Waals surface area contributed by atoms with Crippen molar-refractivity contribution in [2.45, 2.75) is 0 Å². The van der Waals surface area contributed by atoms with Crippen molar-refractivity contribution in [1.82, 2.24) is 19.9 Å². The van der Waals surface area contributed by atoms with Crippen molar-refractivity contribution in [3.63, 3.8) is 0 Å². The molecule has 0 unspecified atom stereocenters. The minimum absolute atomic E-state index is 0.00794. The second-order valence-electron chi connectivity index (χ2n) is 21.4. The fourth-order valence-corrected chi connectivity index (χ4v) is 12.2. The van der Waals surface area contributed by atoms with Crippen molar-refractivity contribution in [2.75, 3.05) is 21.3 Å². The van der Waals surface area contributed by atoms with E-state index >= 15 is 0 Å². The maximum absolute atomic E-state index is 12.4. The normalized spacial score (nSPS) is 13.1. The molecule has 20 heteroatoms. The van der Waals surface area contributed by atoms with Crippen molar-refractivity contribution in [3.8, 4) is 136 Å². The van der Waals surface area contributed by atoms with Crippen molar-refractivity contribution < 1.29 is 59.8 Å². The van der Waals surface area contributed by atoms with Crippen LogP contribution in [0.25, 0.3) is 90.9 Å². The predicted octanol–water partition coefficient (Wildman–Crippen LogP) is 16.4. The lowest BCUT2D eigenvalue weighted by molar-refractivity contribution is 0.400. The monoisotopic (exact) mass is 1160 g/mol. The van der Waals surface area contributed by atoms with Gasteiger partial charge in [-0.3, -0.25) is 0 Å². The molecule has 9 heterocycles. The fraction of sp³-hybridized carbons (Fsp3) is 0. The molecule has 426 valence electrons. The number of hydrogen-bond acceptors (Lipinski definition) is 18. The van der Waals surface area contributed by atoms with Crippen molar-refractivity contribution in [3.05, 3.63) is 168 Å². The molecule has 17 rings (SSSR count).